The lowest BCUT2D eigenvalue weighted by Crippen LogP contribution is -2.30. The highest BCUT2D eigenvalue weighted by Gasteiger charge is 2.31. The zero-order chi connectivity index (χ0) is 9.14. The summed E-state index contributed by atoms with van der Waals surface area (Å²) in [5, 5.41) is 0. The Labute approximate surface area is 77.7 Å². The molecular formula is C12H24. The van der Waals surface area contributed by atoms with E-state index < -0.39 is 0 Å². The highest BCUT2D eigenvalue weighted by atomic mass is 14.4. The van der Waals surface area contributed by atoms with Gasteiger partial charge in [0.25, 0.3) is 0 Å². The molecule has 0 aromatic carbocycles. The summed E-state index contributed by atoms with van der Waals surface area (Å²) < 4.78 is 0. The van der Waals surface area contributed by atoms with Crippen molar-refractivity contribution in [2.75, 3.05) is 0 Å². The lowest BCUT2D eigenvalue weighted by Gasteiger charge is -2.39. The molecule has 0 amide bonds. The van der Waals surface area contributed by atoms with Crippen LogP contribution in [0, 0.1) is 23.7 Å². The number of hydrogen-bond acceptors (Lipinski definition) is 0. The SMILES string of the molecule is CCC1CCC(C)C(CC)C1C. The Hall–Kier alpha value is 0. The third-order valence-electron chi connectivity index (χ3n) is 4.14. The molecule has 1 fully saturated rings. The van der Waals surface area contributed by atoms with E-state index in [-0.39, 0.29) is 0 Å². The molecule has 4 unspecified atom stereocenters. The van der Waals surface area contributed by atoms with Crippen molar-refractivity contribution >= 4 is 0 Å². The van der Waals surface area contributed by atoms with Gasteiger partial charge in [0.15, 0.2) is 0 Å². The Morgan fingerprint density at radius 3 is 2.17 bits per heavy atom. The first-order valence-corrected chi connectivity index (χ1v) is 5.70. The van der Waals surface area contributed by atoms with Crippen molar-refractivity contribution in [3.05, 3.63) is 0 Å². The second-order valence-electron chi connectivity index (χ2n) is 4.65. The summed E-state index contributed by atoms with van der Waals surface area (Å²) in [6.07, 6.45) is 5.74. The van der Waals surface area contributed by atoms with Gasteiger partial charge in [-0.15, -0.1) is 0 Å². The molecule has 0 radical (unpaired) electrons. The number of hydrogen-bond donors (Lipinski definition) is 0. The average Bonchev–Trinajstić information content (AvgIpc) is 2.06. The topological polar surface area (TPSA) is 0 Å². The molecule has 72 valence electrons. The van der Waals surface area contributed by atoms with E-state index in [0.29, 0.717) is 0 Å². The Morgan fingerprint density at radius 1 is 1.00 bits per heavy atom. The normalized spacial score (nSPS) is 43.0. The predicted molar refractivity (Wildman–Crippen MR) is 55.1 cm³/mol. The van der Waals surface area contributed by atoms with Crippen molar-refractivity contribution in [3.63, 3.8) is 0 Å². The first kappa shape index (κ1) is 10.1. The van der Waals surface area contributed by atoms with Crippen LogP contribution >= 0.6 is 0 Å². The third-order valence-corrected chi connectivity index (χ3v) is 4.14. The molecule has 0 aromatic heterocycles. The van der Waals surface area contributed by atoms with Crippen LogP contribution in [-0.2, 0) is 0 Å². The Morgan fingerprint density at radius 2 is 1.67 bits per heavy atom. The second-order valence-corrected chi connectivity index (χ2v) is 4.65. The van der Waals surface area contributed by atoms with Crippen LogP contribution in [0.3, 0.4) is 0 Å². The largest absolute Gasteiger partial charge is 0.0651 e. The zero-order valence-corrected chi connectivity index (χ0v) is 9.14. The molecule has 0 nitrogen and oxygen atoms in total. The summed E-state index contributed by atoms with van der Waals surface area (Å²) >= 11 is 0. The van der Waals surface area contributed by atoms with Crippen molar-refractivity contribution in [2.45, 2.75) is 53.4 Å². The van der Waals surface area contributed by atoms with Crippen LogP contribution in [0.5, 0.6) is 0 Å². The molecule has 0 heteroatoms. The molecule has 1 aliphatic rings. The monoisotopic (exact) mass is 168 g/mol. The van der Waals surface area contributed by atoms with Crippen molar-refractivity contribution in [1.82, 2.24) is 0 Å². The first-order chi connectivity index (χ1) is 5.70. The first-order valence-electron chi connectivity index (χ1n) is 5.70. The fourth-order valence-corrected chi connectivity index (χ4v) is 3.17. The van der Waals surface area contributed by atoms with Gasteiger partial charge in [0, 0.05) is 0 Å². The predicted octanol–water partition coefficient (Wildman–Crippen LogP) is 4.10. The van der Waals surface area contributed by atoms with Gasteiger partial charge in [-0.25, -0.2) is 0 Å². The minimum atomic E-state index is 0.976. The van der Waals surface area contributed by atoms with Crippen LogP contribution in [0.15, 0.2) is 0 Å². The van der Waals surface area contributed by atoms with Crippen LogP contribution in [0.25, 0.3) is 0 Å². The maximum atomic E-state index is 2.47. The van der Waals surface area contributed by atoms with Crippen molar-refractivity contribution in [3.8, 4) is 0 Å². The van der Waals surface area contributed by atoms with Gasteiger partial charge in [-0.1, -0.05) is 47.0 Å². The minimum absolute atomic E-state index is 0.976. The van der Waals surface area contributed by atoms with E-state index in [0.717, 1.165) is 23.7 Å². The summed E-state index contributed by atoms with van der Waals surface area (Å²) in [7, 11) is 0. The quantitative estimate of drug-likeness (QED) is 0.582. The molecule has 12 heavy (non-hydrogen) atoms. The molecule has 0 saturated heterocycles. The molecule has 0 bridgehead atoms. The van der Waals surface area contributed by atoms with E-state index in [1.54, 1.807) is 0 Å². The van der Waals surface area contributed by atoms with E-state index in [2.05, 4.69) is 27.7 Å². The van der Waals surface area contributed by atoms with E-state index in [4.69, 9.17) is 0 Å². The van der Waals surface area contributed by atoms with Crippen molar-refractivity contribution in [1.29, 1.82) is 0 Å². The van der Waals surface area contributed by atoms with Crippen LogP contribution < -0.4 is 0 Å². The van der Waals surface area contributed by atoms with Gasteiger partial charge in [-0.05, 0) is 30.1 Å². The second kappa shape index (κ2) is 4.30. The Bertz CT molecular complexity index is 128. The lowest BCUT2D eigenvalue weighted by molar-refractivity contribution is 0.105. The fourth-order valence-electron chi connectivity index (χ4n) is 3.17. The van der Waals surface area contributed by atoms with E-state index >= 15 is 0 Å². The highest BCUT2D eigenvalue weighted by Crippen LogP contribution is 2.41. The van der Waals surface area contributed by atoms with Crippen molar-refractivity contribution in [2.24, 2.45) is 23.7 Å². The smallest absolute Gasteiger partial charge is 0.0363 e. The molecule has 0 N–H and O–H groups in total. The molecule has 0 aromatic rings. The molecule has 0 aliphatic heterocycles. The van der Waals surface area contributed by atoms with Gasteiger partial charge in [0.1, 0.15) is 0 Å². The summed E-state index contributed by atoms with van der Waals surface area (Å²) in [4.78, 5) is 0. The fraction of sp³-hybridized carbons (Fsp3) is 1.00. The standard InChI is InChI=1S/C12H24/c1-5-11-8-7-9(3)12(6-2)10(11)4/h9-12H,5-8H2,1-4H3. The molecule has 1 rings (SSSR count). The Balaban J connectivity index is 2.56. The molecule has 0 spiro atoms. The van der Waals surface area contributed by atoms with Crippen LogP contribution in [0.2, 0.25) is 0 Å². The van der Waals surface area contributed by atoms with Gasteiger partial charge in [0.2, 0.25) is 0 Å². The highest BCUT2D eigenvalue weighted by molar-refractivity contribution is 4.81. The maximum Gasteiger partial charge on any atom is -0.0363 e. The van der Waals surface area contributed by atoms with E-state index in [9.17, 15) is 0 Å². The van der Waals surface area contributed by atoms with Gasteiger partial charge >= 0.3 is 0 Å². The number of rotatable bonds is 2. The van der Waals surface area contributed by atoms with Gasteiger partial charge < -0.3 is 0 Å². The lowest BCUT2D eigenvalue weighted by atomic mass is 9.66. The molecule has 1 saturated carbocycles. The van der Waals surface area contributed by atoms with E-state index in [1.165, 1.54) is 25.7 Å². The Kier molecular flexibility index (Phi) is 3.61. The molecule has 4 atom stereocenters. The third kappa shape index (κ3) is 1.84. The van der Waals surface area contributed by atoms with Crippen molar-refractivity contribution < 1.29 is 0 Å². The van der Waals surface area contributed by atoms with Crippen LogP contribution in [0.1, 0.15) is 53.4 Å². The summed E-state index contributed by atoms with van der Waals surface area (Å²) in [5.41, 5.74) is 0. The summed E-state index contributed by atoms with van der Waals surface area (Å²) in [5.74, 6) is 3.98. The summed E-state index contributed by atoms with van der Waals surface area (Å²) in [6, 6.07) is 0. The minimum Gasteiger partial charge on any atom is -0.0651 e. The average molecular weight is 168 g/mol. The maximum absolute atomic E-state index is 2.47. The van der Waals surface area contributed by atoms with E-state index in [1.807, 2.05) is 0 Å². The zero-order valence-electron chi connectivity index (χ0n) is 9.14. The molecule has 1 aliphatic carbocycles. The van der Waals surface area contributed by atoms with Gasteiger partial charge in [-0.3, -0.25) is 0 Å². The van der Waals surface area contributed by atoms with Crippen LogP contribution in [-0.4, -0.2) is 0 Å². The summed E-state index contributed by atoms with van der Waals surface area (Å²) in [6.45, 7) is 9.62. The molecule has 0 heterocycles. The van der Waals surface area contributed by atoms with Gasteiger partial charge in [-0.2, -0.15) is 0 Å². The van der Waals surface area contributed by atoms with Gasteiger partial charge in [0.05, 0.1) is 0 Å². The van der Waals surface area contributed by atoms with Crippen LogP contribution in [0.4, 0.5) is 0 Å². The molecular weight excluding hydrogens is 144 g/mol.